The number of piperazine rings is 1. The second-order valence-corrected chi connectivity index (χ2v) is 7.85. The molecule has 8 nitrogen and oxygen atoms in total. The van der Waals surface area contributed by atoms with E-state index in [1.165, 1.54) is 6.07 Å². The number of hydrogen-bond acceptors (Lipinski definition) is 5. The average molecular weight is 440 g/mol. The number of nitro benzene ring substituents is 1. The van der Waals surface area contributed by atoms with Gasteiger partial charge in [-0.1, -0.05) is 23.7 Å². The van der Waals surface area contributed by atoms with Gasteiger partial charge in [-0.3, -0.25) is 14.9 Å². The summed E-state index contributed by atoms with van der Waals surface area (Å²) in [6, 6.07) is 14.0. The number of nitrogens with zero attached hydrogens (tertiary/aromatic N) is 5. The van der Waals surface area contributed by atoms with E-state index in [-0.39, 0.29) is 16.5 Å². The van der Waals surface area contributed by atoms with Crippen LogP contribution in [0.1, 0.15) is 21.7 Å². The number of rotatable bonds is 4. The number of amides is 1. The molecule has 0 unspecified atom stereocenters. The molecule has 0 atom stereocenters. The molecule has 2 aromatic carbocycles. The number of aryl methyl sites for hydroxylation is 1. The van der Waals surface area contributed by atoms with Gasteiger partial charge in [-0.15, -0.1) is 0 Å². The molecular weight excluding hydrogens is 418 g/mol. The van der Waals surface area contributed by atoms with E-state index in [2.05, 4.69) is 5.10 Å². The number of para-hydroxylation sites is 2. The number of carbonyl (C=O) groups excluding carboxylic acids is 1. The molecule has 4 rings (SSSR count). The summed E-state index contributed by atoms with van der Waals surface area (Å²) in [7, 11) is 0. The molecule has 2 heterocycles. The summed E-state index contributed by atoms with van der Waals surface area (Å²) in [4.78, 5) is 27.6. The van der Waals surface area contributed by atoms with Crippen molar-refractivity contribution >= 4 is 28.9 Å². The molecule has 31 heavy (non-hydrogen) atoms. The Morgan fingerprint density at radius 3 is 2.26 bits per heavy atom. The first-order valence-corrected chi connectivity index (χ1v) is 10.3. The van der Waals surface area contributed by atoms with Gasteiger partial charge in [0.15, 0.2) is 0 Å². The summed E-state index contributed by atoms with van der Waals surface area (Å²) in [5.74, 6) is -0.0554. The molecule has 1 fully saturated rings. The molecule has 0 bridgehead atoms. The van der Waals surface area contributed by atoms with Gasteiger partial charge in [0, 0.05) is 37.8 Å². The standard InChI is InChI=1S/C22H22ClN5O3/c1-15-21(23)16(2)27(24-15)18-9-7-17(8-10-18)22(29)26-13-11-25(12-14-26)19-5-3-4-6-20(19)28(30)31/h3-10H,11-14H2,1-2H3. The number of benzene rings is 2. The highest BCUT2D eigenvalue weighted by molar-refractivity contribution is 6.31. The zero-order chi connectivity index (χ0) is 22.1. The first-order chi connectivity index (χ1) is 14.9. The fourth-order valence-electron chi connectivity index (χ4n) is 3.84. The molecule has 1 aromatic heterocycles. The van der Waals surface area contributed by atoms with E-state index in [0.717, 1.165) is 17.1 Å². The van der Waals surface area contributed by atoms with E-state index in [4.69, 9.17) is 11.6 Å². The monoisotopic (exact) mass is 439 g/mol. The van der Waals surface area contributed by atoms with Crippen LogP contribution in [0.15, 0.2) is 48.5 Å². The van der Waals surface area contributed by atoms with Gasteiger partial charge in [-0.25, -0.2) is 4.68 Å². The summed E-state index contributed by atoms with van der Waals surface area (Å²) in [5.41, 5.74) is 3.72. The van der Waals surface area contributed by atoms with Gasteiger partial charge in [0.25, 0.3) is 11.6 Å². The molecule has 0 N–H and O–H groups in total. The van der Waals surface area contributed by atoms with E-state index in [1.54, 1.807) is 39.9 Å². The smallest absolute Gasteiger partial charge is 0.292 e. The SMILES string of the molecule is Cc1nn(-c2ccc(C(=O)N3CCN(c4ccccc4[N+](=O)[O-])CC3)cc2)c(C)c1Cl. The van der Waals surface area contributed by atoms with Crippen LogP contribution in [0, 0.1) is 24.0 Å². The lowest BCUT2D eigenvalue weighted by Gasteiger charge is -2.35. The maximum atomic E-state index is 12.9. The zero-order valence-corrected chi connectivity index (χ0v) is 18.0. The molecule has 0 aliphatic carbocycles. The van der Waals surface area contributed by atoms with Crippen LogP contribution >= 0.6 is 11.6 Å². The van der Waals surface area contributed by atoms with Crippen molar-refractivity contribution in [2.45, 2.75) is 13.8 Å². The van der Waals surface area contributed by atoms with E-state index >= 15 is 0 Å². The third kappa shape index (κ3) is 3.98. The van der Waals surface area contributed by atoms with Crippen molar-refractivity contribution in [2.75, 3.05) is 31.1 Å². The van der Waals surface area contributed by atoms with Crippen molar-refractivity contribution in [3.8, 4) is 5.69 Å². The number of anilines is 1. The van der Waals surface area contributed by atoms with Crippen molar-refractivity contribution in [2.24, 2.45) is 0 Å². The summed E-state index contributed by atoms with van der Waals surface area (Å²) < 4.78 is 1.76. The lowest BCUT2D eigenvalue weighted by Crippen LogP contribution is -2.48. The van der Waals surface area contributed by atoms with Gasteiger partial charge in [-0.2, -0.15) is 5.10 Å². The lowest BCUT2D eigenvalue weighted by molar-refractivity contribution is -0.384. The number of hydrogen-bond donors (Lipinski definition) is 0. The largest absolute Gasteiger partial charge is 0.362 e. The van der Waals surface area contributed by atoms with Gasteiger partial charge in [0.1, 0.15) is 5.69 Å². The van der Waals surface area contributed by atoms with E-state index in [1.807, 2.05) is 30.9 Å². The van der Waals surface area contributed by atoms with Crippen molar-refractivity contribution in [1.82, 2.24) is 14.7 Å². The van der Waals surface area contributed by atoms with Gasteiger partial charge >= 0.3 is 0 Å². The predicted octanol–water partition coefficient (Wildman–Crippen LogP) is 4.01. The Hall–Kier alpha value is -3.39. The van der Waals surface area contributed by atoms with Gasteiger partial charge in [0.2, 0.25) is 0 Å². The number of aromatic nitrogens is 2. The highest BCUT2D eigenvalue weighted by Gasteiger charge is 2.26. The first-order valence-electron chi connectivity index (χ1n) is 9.96. The molecule has 1 aliphatic rings. The second-order valence-electron chi connectivity index (χ2n) is 7.47. The molecule has 9 heteroatoms. The van der Waals surface area contributed by atoms with E-state index in [0.29, 0.717) is 42.5 Å². The summed E-state index contributed by atoms with van der Waals surface area (Å²) in [6.07, 6.45) is 0. The molecule has 1 amide bonds. The van der Waals surface area contributed by atoms with Crippen LogP contribution < -0.4 is 4.90 Å². The molecule has 0 saturated carbocycles. The maximum Gasteiger partial charge on any atom is 0.292 e. The quantitative estimate of drug-likeness (QED) is 0.453. The number of nitro groups is 1. The number of halogens is 1. The van der Waals surface area contributed by atoms with Crippen molar-refractivity contribution in [1.29, 1.82) is 0 Å². The van der Waals surface area contributed by atoms with Crippen LogP contribution in [0.4, 0.5) is 11.4 Å². The minimum Gasteiger partial charge on any atom is -0.362 e. The lowest BCUT2D eigenvalue weighted by atomic mass is 10.1. The summed E-state index contributed by atoms with van der Waals surface area (Å²) in [5, 5.41) is 16.4. The minimum atomic E-state index is -0.371. The molecule has 1 aliphatic heterocycles. The molecular formula is C22H22ClN5O3. The zero-order valence-electron chi connectivity index (χ0n) is 17.3. The third-order valence-corrected chi connectivity index (χ3v) is 6.09. The third-order valence-electron chi connectivity index (χ3n) is 5.55. The topological polar surface area (TPSA) is 84.5 Å². The van der Waals surface area contributed by atoms with E-state index in [9.17, 15) is 14.9 Å². The molecule has 3 aromatic rings. The maximum absolute atomic E-state index is 12.9. The Bertz CT molecular complexity index is 1130. The Morgan fingerprint density at radius 2 is 1.68 bits per heavy atom. The van der Waals surface area contributed by atoms with Crippen molar-refractivity contribution in [3.63, 3.8) is 0 Å². The molecule has 1 saturated heterocycles. The highest BCUT2D eigenvalue weighted by Crippen LogP contribution is 2.28. The normalized spacial score (nSPS) is 14.0. The van der Waals surface area contributed by atoms with Crippen LogP contribution in [0.3, 0.4) is 0 Å². The molecule has 0 spiro atoms. The Kier molecular flexibility index (Phi) is 5.65. The van der Waals surface area contributed by atoms with Gasteiger partial charge < -0.3 is 9.80 Å². The van der Waals surface area contributed by atoms with Crippen LogP contribution in [0.25, 0.3) is 5.69 Å². The van der Waals surface area contributed by atoms with Crippen molar-refractivity contribution < 1.29 is 9.72 Å². The molecule has 160 valence electrons. The van der Waals surface area contributed by atoms with Crippen molar-refractivity contribution in [3.05, 3.63) is 80.6 Å². The van der Waals surface area contributed by atoms with Gasteiger partial charge in [0.05, 0.1) is 27.0 Å². The number of carbonyl (C=O) groups is 1. The Morgan fingerprint density at radius 1 is 1.03 bits per heavy atom. The minimum absolute atomic E-state index is 0.0554. The van der Waals surface area contributed by atoms with Crippen LogP contribution in [-0.4, -0.2) is 51.7 Å². The molecule has 0 radical (unpaired) electrons. The predicted molar refractivity (Wildman–Crippen MR) is 119 cm³/mol. The van der Waals surface area contributed by atoms with Crippen LogP contribution in [-0.2, 0) is 0 Å². The first kappa shape index (κ1) is 20.9. The fraction of sp³-hybridized carbons (Fsp3) is 0.273. The van der Waals surface area contributed by atoms with E-state index < -0.39 is 0 Å². The summed E-state index contributed by atoms with van der Waals surface area (Å²) >= 11 is 6.23. The Balaban J connectivity index is 1.44. The average Bonchev–Trinajstić information content (AvgIpc) is 3.06. The van der Waals surface area contributed by atoms with Gasteiger partial charge in [-0.05, 0) is 44.2 Å². The Labute approximate surface area is 184 Å². The summed E-state index contributed by atoms with van der Waals surface area (Å²) in [6.45, 7) is 5.84. The second kappa shape index (κ2) is 8.39. The highest BCUT2D eigenvalue weighted by atomic mass is 35.5. The van der Waals surface area contributed by atoms with Crippen LogP contribution in [0.5, 0.6) is 0 Å². The van der Waals surface area contributed by atoms with Crippen LogP contribution in [0.2, 0.25) is 5.02 Å². The fourth-order valence-corrected chi connectivity index (χ4v) is 3.96.